The monoisotopic (exact) mass is 763 g/mol. The Morgan fingerprint density at radius 1 is 0.554 bits per heavy atom. The highest BCUT2D eigenvalue weighted by molar-refractivity contribution is 6.11. The first-order valence-corrected chi connectivity index (χ1v) is 18.5. The normalized spacial score (nSPS) is 11.7. The number of pyridine rings is 2. The van der Waals surface area contributed by atoms with E-state index in [1.807, 2.05) is 49.9 Å². The summed E-state index contributed by atoms with van der Waals surface area (Å²) in [5.41, 5.74) is 3.02. The van der Waals surface area contributed by atoms with Crippen LogP contribution in [0.3, 0.4) is 0 Å². The molecule has 294 valence electrons. The molecule has 0 fully saturated rings. The Morgan fingerprint density at radius 3 is 1.34 bits per heavy atom. The van der Waals surface area contributed by atoms with Crippen LogP contribution >= 0.6 is 0 Å². The summed E-state index contributed by atoms with van der Waals surface area (Å²) in [5, 5.41) is 34.1. The van der Waals surface area contributed by atoms with Gasteiger partial charge in [0.1, 0.15) is 11.5 Å². The number of nitrogens with one attached hydrogen (secondary N) is 6. The number of hydrogen-bond donors (Lipinski definition) is 8. The number of amides is 2. The van der Waals surface area contributed by atoms with E-state index >= 15 is 0 Å². The quantitative estimate of drug-likeness (QED) is 0.0675. The molecule has 2 heterocycles. The van der Waals surface area contributed by atoms with Crippen LogP contribution in [0.1, 0.15) is 20.7 Å². The first kappa shape index (κ1) is 39.5. The molecule has 15 nitrogen and oxygen atoms in total. The fourth-order valence-corrected chi connectivity index (χ4v) is 6.68. The van der Waals surface area contributed by atoms with Crippen molar-refractivity contribution in [3.63, 3.8) is 0 Å². The molecule has 56 heavy (non-hydrogen) atoms. The SMILES string of the molecule is CN(C)CCNC(=O)c1ccc2[nH]c3ccc(O)cc3c(=O)c2c1NCCN(C)CCNc1c(C(=O)NCCN(C)C)ccc2[nH]c3ccc(O)cc3c(=O)c12. The summed E-state index contributed by atoms with van der Waals surface area (Å²) < 4.78 is 0. The fraction of sp³-hybridized carbons (Fsp3) is 0.317. The summed E-state index contributed by atoms with van der Waals surface area (Å²) in [5.74, 6) is -0.720. The molecule has 0 atom stereocenters. The third-order valence-corrected chi connectivity index (χ3v) is 9.67. The molecule has 8 N–H and O–H groups in total. The van der Waals surface area contributed by atoms with E-state index in [-0.39, 0.29) is 34.2 Å². The molecule has 0 unspecified atom stereocenters. The number of H-pyrrole nitrogens is 2. The highest BCUT2D eigenvalue weighted by Crippen LogP contribution is 2.29. The molecular formula is C41H49N9O6. The topological polar surface area (TPSA) is 198 Å². The van der Waals surface area contributed by atoms with Crippen molar-refractivity contribution in [2.75, 3.05) is 98.2 Å². The standard InChI is InChI=1S/C41H49N9O6/c1-48(2)18-14-44-40(55)26-8-12-32-34(38(53)28-22-24(51)6-10-30(28)46-32)36(26)42-16-20-50(5)21-17-43-37-27(41(56)45-15-19-49(3)4)9-13-33-35(37)39(54)29-23-25(52)7-11-31(29)47-33/h6-13,22-23,42-43,51-52H,14-21H2,1-5H3,(H,44,55)(H,45,56)(H,46,53)(H,47,54). The van der Waals surface area contributed by atoms with Gasteiger partial charge in [-0.05, 0) is 95.9 Å². The number of fused-ring (bicyclic) bond motifs is 4. The zero-order valence-corrected chi connectivity index (χ0v) is 32.3. The van der Waals surface area contributed by atoms with E-state index in [2.05, 4.69) is 31.2 Å². The zero-order valence-electron chi connectivity index (χ0n) is 32.3. The van der Waals surface area contributed by atoms with Crippen LogP contribution in [0.4, 0.5) is 11.4 Å². The summed E-state index contributed by atoms with van der Waals surface area (Å²) in [6, 6.07) is 15.9. The molecule has 0 bridgehead atoms. The maximum Gasteiger partial charge on any atom is 0.253 e. The van der Waals surface area contributed by atoms with Gasteiger partial charge < -0.3 is 56.1 Å². The van der Waals surface area contributed by atoms with Gasteiger partial charge in [-0.25, -0.2) is 0 Å². The summed E-state index contributed by atoms with van der Waals surface area (Å²) in [4.78, 5) is 67.2. The number of hydrogen-bond acceptors (Lipinski definition) is 11. The van der Waals surface area contributed by atoms with E-state index in [4.69, 9.17) is 0 Å². The Kier molecular flexibility index (Phi) is 12.1. The van der Waals surface area contributed by atoms with Crippen LogP contribution < -0.4 is 32.1 Å². The lowest BCUT2D eigenvalue weighted by molar-refractivity contribution is 0.0943. The number of nitrogens with zero attached hydrogens (tertiary/aromatic N) is 3. The number of aromatic amines is 2. The van der Waals surface area contributed by atoms with Crippen molar-refractivity contribution in [1.29, 1.82) is 0 Å². The van der Waals surface area contributed by atoms with Gasteiger partial charge in [0.15, 0.2) is 10.9 Å². The van der Waals surface area contributed by atoms with Gasteiger partial charge in [-0.3, -0.25) is 19.2 Å². The van der Waals surface area contributed by atoms with Gasteiger partial charge in [0.2, 0.25) is 0 Å². The summed E-state index contributed by atoms with van der Waals surface area (Å²) >= 11 is 0. The first-order chi connectivity index (χ1) is 26.8. The second-order valence-electron chi connectivity index (χ2n) is 14.5. The van der Waals surface area contributed by atoms with Gasteiger partial charge in [-0.2, -0.15) is 0 Å². The molecule has 15 heteroatoms. The maximum atomic E-state index is 13.9. The predicted octanol–water partition coefficient (Wildman–Crippen LogP) is 3.13. The van der Waals surface area contributed by atoms with Crippen LogP contribution in [0.25, 0.3) is 43.6 Å². The highest BCUT2D eigenvalue weighted by Gasteiger charge is 2.21. The number of phenols is 2. The second-order valence-corrected chi connectivity index (χ2v) is 14.5. The molecule has 4 aromatic carbocycles. The van der Waals surface area contributed by atoms with E-state index in [1.54, 1.807) is 36.4 Å². The Balaban J connectivity index is 1.23. The number of benzene rings is 4. The van der Waals surface area contributed by atoms with Gasteiger partial charge >= 0.3 is 0 Å². The van der Waals surface area contributed by atoms with Crippen LogP contribution in [-0.4, -0.2) is 134 Å². The molecule has 0 saturated carbocycles. The molecule has 2 amide bonds. The minimum Gasteiger partial charge on any atom is -0.508 e. The maximum absolute atomic E-state index is 13.9. The van der Waals surface area contributed by atoms with Gasteiger partial charge in [-0.15, -0.1) is 0 Å². The molecular weight excluding hydrogens is 715 g/mol. The molecule has 0 aliphatic carbocycles. The molecule has 0 saturated heterocycles. The van der Waals surface area contributed by atoms with Crippen molar-refractivity contribution < 1.29 is 19.8 Å². The van der Waals surface area contributed by atoms with Gasteiger partial charge in [-0.1, -0.05) is 0 Å². The molecule has 0 spiro atoms. The largest absolute Gasteiger partial charge is 0.508 e. The first-order valence-electron chi connectivity index (χ1n) is 18.5. The Labute approximate surface area is 323 Å². The summed E-state index contributed by atoms with van der Waals surface area (Å²) in [6.45, 7) is 3.86. The van der Waals surface area contributed by atoms with Gasteiger partial charge in [0.25, 0.3) is 11.8 Å². The highest BCUT2D eigenvalue weighted by atomic mass is 16.3. The number of aromatic hydroxyl groups is 2. The number of likely N-dealkylation sites (N-methyl/N-ethyl adjacent to an activating group) is 3. The number of anilines is 2. The van der Waals surface area contributed by atoms with Crippen LogP contribution in [0.15, 0.2) is 70.3 Å². The van der Waals surface area contributed by atoms with Crippen molar-refractivity contribution in [3.05, 3.63) is 92.2 Å². The zero-order chi connectivity index (χ0) is 40.1. The van der Waals surface area contributed by atoms with Crippen molar-refractivity contribution in [2.24, 2.45) is 0 Å². The third-order valence-electron chi connectivity index (χ3n) is 9.67. The minimum absolute atomic E-state index is 0.0393. The molecule has 2 aromatic heterocycles. The average Bonchev–Trinajstić information content (AvgIpc) is 3.15. The van der Waals surface area contributed by atoms with Crippen LogP contribution in [0.2, 0.25) is 0 Å². The number of rotatable bonds is 16. The van der Waals surface area contributed by atoms with Crippen molar-refractivity contribution in [1.82, 2.24) is 35.3 Å². The molecule has 6 rings (SSSR count). The Bertz CT molecular complexity index is 2370. The van der Waals surface area contributed by atoms with Crippen LogP contribution in [0.5, 0.6) is 11.5 Å². The lowest BCUT2D eigenvalue weighted by atomic mass is 10.0. The summed E-state index contributed by atoms with van der Waals surface area (Å²) in [6.07, 6.45) is 0. The lowest BCUT2D eigenvalue weighted by Gasteiger charge is -2.21. The molecule has 0 radical (unpaired) electrons. The third kappa shape index (κ3) is 8.70. The van der Waals surface area contributed by atoms with E-state index in [1.165, 1.54) is 24.3 Å². The number of phenolic OH excluding ortho intramolecular Hbond substituents is 2. The van der Waals surface area contributed by atoms with Crippen molar-refractivity contribution >= 4 is 66.8 Å². The van der Waals surface area contributed by atoms with Crippen LogP contribution in [0, 0.1) is 0 Å². The number of carbonyl (C=O) groups is 2. The van der Waals surface area contributed by atoms with E-state index in [9.17, 15) is 29.4 Å². The van der Waals surface area contributed by atoms with E-state index in [0.717, 1.165) is 0 Å². The van der Waals surface area contributed by atoms with Crippen LogP contribution in [-0.2, 0) is 0 Å². The van der Waals surface area contributed by atoms with E-state index in [0.29, 0.717) is 118 Å². The smallest absolute Gasteiger partial charge is 0.253 e. The lowest BCUT2D eigenvalue weighted by Crippen LogP contribution is -2.33. The molecule has 6 aromatic rings. The average molecular weight is 764 g/mol. The second kappa shape index (κ2) is 17.1. The predicted molar refractivity (Wildman–Crippen MR) is 224 cm³/mol. The molecule has 0 aliphatic rings. The van der Waals surface area contributed by atoms with E-state index < -0.39 is 0 Å². The Hall–Kier alpha value is -6.16. The number of carbonyl (C=O) groups excluding carboxylic acids is 2. The van der Waals surface area contributed by atoms with Crippen molar-refractivity contribution in [2.45, 2.75) is 0 Å². The number of aromatic nitrogens is 2. The Morgan fingerprint density at radius 2 is 0.946 bits per heavy atom. The fourth-order valence-electron chi connectivity index (χ4n) is 6.68. The minimum atomic E-state index is -0.321. The van der Waals surface area contributed by atoms with Crippen molar-refractivity contribution in [3.8, 4) is 11.5 Å². The van der Waals surface area contributed by atoms with Gasteiger partial charge in [0.05, 0.1) is 55.3 Å². The molecule has 0 aliphatic heterocycles. The van der Waals surface area contributed by atoms with Gasteiger partial charge in [0, 0.05) is 63.1 Å². The summed E-state index contributed by atoms with van der Waals surface area (Å²) in [7, 11) is 9.59.